The highest BCUT2D eigenvalue weighted by molar-refractivity contribution is 5.51. The summed E-state index contributed by atoms with van der Waals surface area (Å²) in [5.74, 6) is 0.841. The first-order valence-corrected chi connectivity index (χ1v) is 5.68. The first-order valence-electron chi connectivity index (χ1n) is 5.68. The van der Waals surface area contributed by atoms with Crippen molar-refractivity contribution < 1.29 is 9.57 Å². The molecule has 0 amide bonds. The number of hydrogen-bond acceptors (Lipinski definition) is 3. The number of hydrogen-bond donors (Lipinski definition) is 1. The molecular formula is C13H18N2O2. The van der Waals surface area contributed by atoms with Crippen LogP contribution in [0, 0.1) is 5.41 Å². The van der Waals surface area contributed by atoms with E-state index in [1.54, 1.807) is 12.2 Å². The van der Waals surface area contributed by atoms with Crippen molar-refractivity contribution >= 4 is 6.34 Å². The Balaban J connectivity index is 2.23. The smallest absolute Gasteiger partial charge is 0.118 e. The van der Waals surface area contributed by atoms with Crippen LogP contribution >= 0.6 is 0 Å². The minimum atomic E-state index is -0.220. The fourth-order valence-corrected chi connectivity index (χ4v) is 2.15. The highest BCUT2D eigenvalue weighted by Gasteiger charge is 2.38. The molecule has 0 bridgehead atoms. The van der Waals surface area contributed by atoms with Gasteiger partial charge in [0.1, 0.15) is 12.1 Å². The predicted molar refractivity (Wildman–Crippen MR) is 66.1 cm³/mol. The molecule has 1 aromatic carbocycles. The summed E-state index contributed by atoms with van der Waals surface area (Å²) in [5, 5.41) is 9.00. The highest BCUT2D eigenvalue weighted by atomic mass is 16.7. The molecule has 4 heteroatoms. The van der Waals surface area contributed by atoms with E-state index in [0.717, 1.165) is 17.7 Å². The first-order chi connectivity index (χ1) is 8.05. The lowest BCUT2D eigenvalue weighted by Crippen LogP contribution is -2.23. The van der Waals surface area contributed by atoms with E-state index in [2.05, 4.69) is 0 Å². The van der Waals surface area contributed by atoms with Crippen molar-refractivity contribution in [3.8, 4) is 5.75 Å². The number of hydroxylamine groups is 2. The second kappa shape index (κ2) is 4.37. The standard InChI is InChI=1S/C13H18N2O2/c1-13(2)8-12(15(9-14)17-13)10-4-6-11(16-3)7-5-10/h4-7,9,12,14H,8H2,1-3H3. The van der Waals surface area contributed by atoms with Crippen molar-refractivity contribution in [2.24, 2.45) is 0 Å². The molecule has 4 nitrogen and oxygen atoms in total. The van der Waals surface area contributed by atoms with Gasteiger partial charge in [-0.3, -0.25) is 10.2 Å². The summed E-state index contributed by atoms with van der Waals surface area (Å²) in [4.78, 5) is 5.68. The van der Waals surface area contributed by atoms with Gasteiger partial charge in [0.2, 0.25) is 0 Å². The normalized spacial score (nSPS) is 22.5. The average molecular weight is 234 g/mol. The van der Waals surface area contributed by atoms with E-state index in [1.807, 2.05) is 38.1 Å². The summed E-state index contributed by atoms with van der Waals surface area (Å²) in [6.45, 7) is 4.07. The molecule has 1 aromatic rings. The Labute approximate surface area is 102 Å². The molecule has 1 atom stereocenters. The summed E-state index contributed by atoms with van der Waals surface area (Å²) in [6, 6.07) is 8.01. The Morgan fingerprint density at radius 3 is 2.59 bits per heavy atom. The van der Waals surface area contributed by atoms with Gasteiger partial charge in [-0.2, -0.15) is 0 Å². The van der Waals surface area contributed by atoms with Crippen molar-refractivity contribution in [3.05, 3.63) is 29.8 Å². The molecule has 1 saturated heterocycles. The minimum absolute atomic E-state index is 0.105. The molecule has 17 heavy (non-hydrogen) atoms. The summed E-state index contributed by atoms with van der Waals surface area (Å²) in [6.07, 6.45) is 2.11. The van der Waals surface area contributed by atoms with Crippen LogP contribution in [0.3, 0.4) is 0 Å². The van der Waals surface area contributed by atoms with E-state index in [-0.39, 0.29) is 11.6 Å². The first kappa shape index (κ1) is 11.9. The number of rotatable bonds is 3. The van der Waals surface area contributed by atoms with Crippen molar-refractivity contribution in [1.82, 2.24) is 5.06 Å². The number of nitrogens with one attached hydrogen (secondary N) is 1. The van der Waals surface area contributed by atoms with E-state index in [0.29, 0.717) is 0 Å². The molecule has 1 aliphatic rings. The van der Waals surface area contributed by atoms with E-state index >= 15 is 0 Å². The zero-order chi connectivity index (χ0) is 12.5. The molecule has 0 aliphatic carbocycles. The highest BCUT2D eigenvalue weighted by Crippen LogP contribution is 2.39. The van der Waals surface area contributed by atoms with Crippen LogP contribution in [-0.4, -0.2) is 24.1 Å². The lowest BCUT2D eigenvalue weighted by molar-refractivity contribution is -0.139. The van der Waals surface area contributed by atoms with Gasteiger partial charge in [0, 0.05) is 6.42 Å². The summed E-state index contributed by atoms with van der Waals surface area (Å²) < 4.78 is 5.14. The van der Waals surface area contributed by atoms with Crippen LogP contribution in [0.1, 0.15) is 31.9 Å². The monoisotopic (exact) mass is 234 g/mol. The quantitative estimate of drug-likeness (QED) is 0.646. The Morgan fingerprint density at radius 2 is 2.06 bits per heavy atom. The molecule has 1 fully saturated rings. The molecule has 2 rings (SSSR count). The molecule has 0 aromatic heterocycles. The zero-order valence-corrected chi connectivity index (χ0v) is 10.4. The summed E-state index contributed by atoms with van der Waals surface area (Å²) in [5.41, 5.74) is 0.919. The summed E-state index contributed by atoms with van der Waals surface area (Å²) in [7, 11) is 1.65. The fraction of sp³-hybridized carbons (Fsp3) is 0.462. The maximum absolute atomic E-state index is 7.39. The number of ether oxygens (including phenoxy) is 1. The maximum Gasteiger partial charge on any atom is 0.118 e. The van der Waals surface area contributed by atoms with Crippen LogP contribution in [-0.2, 0) is 4.84 Å². The molecule has 1 heterocycles. The van der Waals surface area contributed by atoms with Gasteiger partial charge in [-0.25, -0.2) is 5.06 Å². The lowest BCUT2D eigenvalue weighted by Gasteiger charge is -2.20. The minimum Gasteiger partial charge on any atom is -0.497 e. The van der Waals surface area contributed by atoms with Gasteiger partial charge < -0.3 is 4.74 Å². The van der Waals surface area contributed by atoms with E-state index in [1.165, 1.54) is 6.34 Å². The largest absolute Gasteiger partial charge is 0.497 e. The molecule has 92 valence electrons. The predicted octanol–water partition coefficient (Wildman–Crippen LogP) is 2.76. The second-order valence-electron chi connectivity index (χ2n) is 4.83. The van der Waals surface area contributed by atoms with Gasteiger partial charge in [0.15, 0.2) is 0 Å². The Morgan fingerprint density at radius 1 is 1.41 bits per heavy atom. The van der Waals surface area contributed by atoms with E-state index < -0.39 is 0 Å². The van der Waals surface area contributed by atoms with Crippen molar-refractivity contribution in [1.29, 1.82) is 5.41 Å². The molecule has 0 saturated carbocycles. The van der Waals surface area contributed by atoms with Gasteiger partial charge in [-0.15, -0.1) is 0 Å². The number of methoxy groups -OCH3 is 1. The zero-order valence-electron chi connectivity index (χ0n) is 10.4. The van der Waals surface area contributed by atoms with Crippen LogP contribution < -0.4 is 4.74 Å². The summed E-state index contributed by atoms with van der Waals surface area (Å²) >= 11 is 0. The average Bonchev–Trinajstić information content (AvgIpc) is 2.65. The molecule has 1 aliphatic heterocycles. The Bertz CT molecular complexity index is 400. The van der Waals surface area contributed by atoms with Gasteiger partial charge in [-0.1, -0.05) is 12.1 Å². The van der Waals surface area contributed by atoms with E-state index in [9.17, 15) is 0 Å². The third-order valence-corrected chi connectivity index (χ3v) is 2.97. The van der Waals surface area contributed by atoms with Crippen molar-refractivity contribution in [3.63, 3.8) is 0 Å². The second-order valence-corrected chi connectivity index (χ2v) is 4.83. The third-order valence-electron chi connectivity index (χ3n) is 2.97. The topological polar surface area (TPSA) is 45.6 Å². The molecule has 1 N–H and O–H groups in total. The van der Waals surface area contributed by atoms with Crippen LogP contribution in [0.15, 0.2) is 24.3 Å². The molecule has 0 spiro atoms. The van der Waals surface area contributed by atoms with Gasteiger partial charge in [-0.05, 0) is 31.5 Å². The number of nitrogens with zero attached hydrogens (tertiary/aromatic N) is 1. The van der Waals surface area contributed by atoms with Gasteiger partial charge >= 0.3 is 0 Å². The van der Waals surface area contributed by atoms with Crippen molar-refractivity contribution in [2.45, 2.75) is 31.9 Å². The SMILES string of the molecule is COc1ccc(C2CC(C)(C)ON2C=N)cc1. The molecular weight excluding hydrogens is 216 g/mol. The Kier molecular flexibility index (Phi) is 3.07. The molecule has 1 unspecified atom stereocenters. The van der Waals surface area contributed by atoms with Crippen LogP contribution in [0.4, 0.5) is 0 Å². The van der Waals surface area contributed by atoms with Gasteiger partial charge in [0.05, 0.1) is 18.8 Å². The van der Waals surface area contributed by atoms with Crippen LogP contribution in [0.5, 0.6) is 5.75 Å². The van der Waals surface area contributed by atoms with Gasteiger partial charge in [0.25, 0.3) is 0 Å². The lowest BCUT2D eigenvalue weighted by atomic mass is 9.95. The fourth-order valence-electron chi connectivity index (χ4n) is 2.15. The van der Waals surface area contributed by atoms with E-state index in [4.69, 9.17) is 15.0 Å². The number of benzene rings is 1. The Hall–Kier alpha value is -1.55. The third kappa shape index (κ3) is 2.42. The van der Waals surface area contributed by atoms with Crippen molar-refractivity contribution in [2.75, 3.05) is 7.11 Å². The molecule has 0 radical (unpaired) electrons. The maximum atomic E-state index is 7.39. The van der Waals surface area contributed by atoms with Crippen LogP contribution in [0.2, 0.25) is 0 Å². The van der Waals surface area contributed by atoms with Crippen LogP contribution in [0.25, 0.3) is 0 Å².